The number of aromatic nitrogens is 1. The normalized spacial score (nSPS) is 12.0. The fourth-order valence-corrected chi connectivity index (χ4v) is 2.16. The highest BCUT2D eigenvalue weighted by molar-refractivity contribution is 5.43. The number of hydrogen-bond acceptors (Lipinski definition) is 4. The third-order valence-electron chi connectivity index (χ3n) is 3.11. The second-order valence-corrected chi connectivity index (χ2v) is 5.23. The van der Waals surface area contributed by atoms with Gasteiger partial charge >= 0.3 is 0 Å². The van der Waals surface area contributed by atoms with Crippen LogP contribution in [0.2, 0.25) is 0 Å². The molecule has 1 atom stereocenters. The molecule has 2 aromatic rings. The summed E-state index contributed by atoms with van der Waals surface area (Å²) in [6, 6.07) is 11.9. The van der Waals surface area contributed by atoms with Gasteiger partial charge in [0.25, 0.3) is 0 Å². The van der Waals surface area contributed by atoms with Crippen LogP contribution < -0.4 is 15.2 Å². The molecule has 4 heteroatoms. The van der Waals surface area contributed by atoms with Gasteiger partial charge < -0.3 is 15.2 Å². The van der Waals surface area contributed by atoms with Crippen molar-refractivity contribution >= 4 is 0 Å². The van der Waals surface area contributed by atoms with Crippen LogP contribution in [0.3, 0.4) is 0 Å². The lowest BCUT2D eigenvalue weighted by Gasteiger charge is -2.13. The lowest BCUT2D eigenvalue weighted by Crippen LogP contribution is -2.17. The molecule has 2 rings (SSSR count). The van der Waals surface area contributed by atoms with Crippen molar-refractivity contribution in [3.8, 4) is 11.5 Å². The van der Waals surface area contributed by atoms with Crippen LogP contribution in [-0.2, 0) is 13.0 Å². The molecule has 0 aliphatic carbocycles. The summed E-state index contributed by atoms with van der Waals surface area (Å²) in [6.07, 6.45) is 0.809. The number of rotatable bonds is 6. The van der Waals surface area contributed by atoms with E-state index in [0.717, 1.165) is 34.9 Å². The van der Waals surface area contributed by atoms with Crippen LogP contribution in [0.15, 0.2) is 36.4 Å². The monoisotopic (exact) mass is 286 g/mol. The van der Waals surface area contributed by atoms with Crippen LogP contribution >= 0.6 is 0 Å². The number of benzene rings is 1. The summed E-state index contributed by atoms with van der Waals surface area (Å²) in [7, 11) is 1.64. The van der Waals surface area contributed by atoms with Crippen LogP contribution in [0, 0.1) is 6.92 Å². The van der Waals surface area contributed by atoms with E-state index in [1.165, 1.54) is 0 Å². The maximum absolute atomic E-state index is 5.86. The number of nitrogens with two attached hydrogens (primary N) is 1. The Kier molecular flexibility index (Phi) is 5.17. The predicted octanol–water partition coefficient (Wildman–Crippen LogP) is 2.87. The van der Waals surface area contributed by atoms with Crippen molar-refractivity contribution in [1.29, 1.82) is 0 Å². The third kappa shape index (κ3) is 4.46. The van der Waals surface area contributed by atoms with Crippen molar-refractivity contribution in [2.24, 2.45) is 5.73 Å². The smallest absolute Gasteiger partial charge is 0.162 e. The molecule has 0 aliphatic rings. The zero-order valence-electron chi connectivity index (χ0n) is 12.8. The van der Waals surface area contributed by atoms with Crippen LogP contribution in [0.4, 0.5) is 0 Å². The first-order valence-electron chi connectivity index (χ1n) is 7.06. The fourth-order valence-electron chi connectivity index (χ4n) is 2.16. The number of hydrogen-bond donors (Lipinski definition) is 1. The van der Waals surface area contributed by atoms with Gasteiger partial charge in [-0.2, -0.15) is 0 Å². The third-order valence-corrected chi connectivity index (χ3v) is 3.11. The second-order valence-electron chi connectivity index (χ2n) is 5.23. The van der Waals surface area contributed by atoms with E-state index in [9.17, 15) is 0 Å². The number of ether oxygens (including phenoxy) is 2. The average molecular weight is 286 g/mol. The van der Waals surface area contributed by atoms with Crippen LogP contribution in [0.1, 0.15) is 23.9 Å². The number of pyridine rings is 1. The first kappa shape index (κ1) is 15.3. The van der Waals surface area contributed by atoms with Crippen molar-refractivity contribution < 1.29 is 9.47 Å². The molecular formula is C17H22N2O2. The summed E-state index contributed by atoms with van der Waals surface area (Å²) >= 11 is 0. The Balaban J connectivity index is 2.13. The number of nitrogens with zero attached hydrogens (tertiary/aromatic N) is 1. The molecule has 0 bridgehead atoms. The molecule has 4 nitrogen and oxygen atoms in total. The molecule has 0 fully saturated rings. The maximum Gasteiger partial charge on any atom is 0.162 e. The van der Waals surface area contributed by atoms with Crippen molar-refractivity contribution in [3.63, 3.8) is 0 Å². The van der Waals surface area contributed by atoms with Crippen LogP contribution in [-0.4, -0.2) is 18.1 Å². The summed E-state index contributed by atoms with van der Waals surface area (Å²) < 4.78 is 11.2. The van der Waals surface area contributed by atoms with E-state index in [1.807, 2.05) is 50.2 Å². The van der Waals surface area contributed by atoms with Gasteiger partial charge in [0.2, 0.25) is 0 Å². The molecule has 1 unspecified atom stereocenters. The molecule has 0 saturated heterocycles. The highest BCUT2D eigenvalue weighted by atomic mass is 16.5. The van der Waals surface area contributed by atoms with Gasteiger partial charge in [-0.1, -0.05) is 12.1 Å². The molecular weight excluding hydrogens is 264 g/mol. The molecule has 112 valence electrons. The standard InChI is InChI=1S/C17H22N2O2/c1-12(18)9-14-7-8-16(20-3)17(10-14)21-11-15-6-4-5-13(2)19-15/h4-8,10,12H,9,11,18H2,1-3H3. The van der Waals surface area contributed by atoms with Crippen molar-refractivity contribution in [2.75, 3.05) is 7.11 Å². The molecule has 0 aliphatic heterocycles. The van der Waals surface area contributed by atoms with E-state index in [0.29, 0.717) is 6.61 Å². The fraction of sp³-hybridized carbons (Fsp3) is 0.353. The van der Waals surface area contributed by atoms with Gasteiger partial charge in [-0.05, 0) is 50.1 Å². The van der Waals surface area contributed by atoms with Crippen LogP contribution in [0.5, 0.6) is 11.5 Å². The number of aryl methyl sites for hydroxylation is 1. The predicted molar refractivity (Wildman–Crippen MR) is 83.7 cm³/mol. The summed E-state index contributed by atoms with van der Waals surface area (Å²) in [5.74, 6) is 1.44. The van der Waals surface area contributed by atoms with Crippen molar-refractivity contribution in [2.45, 2.75) is 32.9 Å². The summed E-state index contributed by atoms with van der Waals surface area (Å²) in [4.78, 5) is 4.43. The minimum atomic E-state index is 0.115. The van der Waals surface area contributed by atoms with E-state index in [-0.39, 0.29) is 6.04 Å². The Labute approximate surface area is 125 Å². The van der Waals surface area contributed by atoms with E-state index < -0.39 is 0 Å². The number of methoxy groups -OCH3 is 1. The summed E-state index contributed by atoms with van der Waals surface area (Å²) in [5.41, 5.74) is 8.86. The molecule has 1 aromatic heterocycles. The highest BCUT2D eigenvalue weighted by Crippen LogP contribution is 2.29. The van der Waals surface area contributed by atoms with Crippen molar-refractivity contribution in [1.82, 2.24) is 4.98 Å². The first-order chi connectivity index (χ1) is 10.1. The molecule has 1 heterocycles. The second kappa shape index (κ2) is 7.09. The molecule has 1 aromatic carbocycles. The lowest BCUT2D eigenvalue weighted by molar-refractivity contribution is 0.280. The first-order valence-corrected chi connectivity index (χ1v) is 7.06. The zero-order valence-corrected chi connectivity index (χ0v) is 12.8. The van der Waals surface area contributed by atoms with E-state index in [4.69, 9.17) is 15.2 Å². The van der Waals surface area contributed by atoms with E-state index >= 15 is 0 Å². The lowest BCUT2D eigenvalue weighted by atomic mass is 10.1. The van der Waals surface area contributed by atoms with Gasteiger partial charge in [0.15, 0.2) is 11.5 Å². The van der Waals surface area contributed by atoms with Crippen molar-refractivity contribution in [3.05, 3.63) is 53.3 Å². The summed E-state index contributed by atoms with van der Waals surface area (Å²) in [6.45, 7) is 4.37. The maximum atomic E-state index is 5.86. The van der Waals surface area contributed by atoms with Crippen LogP contribution in [0.25, 0.3) is 0 Å². The Morgan fingerprint density at radius 1 is 1.19 bits per heavy atom. The van der Waals surface area contributed by atoms with Gasteiger partial charge in [0, 0.05) is 11.7 Å². The van der Waals surface area contributed by atoms with Gasteiger partial charge in [0.05, 0.1) is 12.8 Å². The van der Waals surface area contributed by atoms with Gasteiger partial charge in [0.1, 0.15) is 6.61 Å². The quantitative estimate of drug-likeness (QED) is 0.887. The topological polar surface area (TPSA) is 57.4 Å². The Morgan fingerprint density at radius 3 is 2.67 bits per heavy atom. The van der Waals surface area contributed by atoms with Gasteiger partial charge in [-0.25, -0.2) is 0 Å². The molecule has 0 amide bonds. The molecule has 0 spiro atoms. The molecule has 21 heavy (non-hydrogen) atoms. The zero-order chi connectivity index (χ0) is 15.2. The Morgan fingerprint density at radius 2 is 2.00 bits per heavy atom. The van der Waals surface area contributed by atoms with E-state index in [2.05, 4.69) is 4.98 Å². The Bertz CT molecular complexity index is 597. The minimum Gasteiger partial charge on any atom is -0.493 e. The summed E-state index contributed by atoms with van der Waals surface area (Å²) in [5, 5.41) is 0. The molecule has 0 saturated carbocycles. The van der Waals surface area contributed by atoms with Gasteiger partial charge in [-0.3, -0.25) is 4.98 Å². The Hall–Kier alpha value is -2.07. The SMILES string of the molecule is COc1ccc(CC(C)N)cc1OCc1cccc(C)n1. The molecule has 0 radical (unpaired) electrons. The minimum absolute atomic E-state index is 0.115. The van der Waals surface area contributed by atoms with E-state index in [1.54, 1.807) is 7.11 Å². The largest absolute Gasteiger partial charge is 0.493 e. The average Bonchev–Trinajstić information content (AvgIpc) is 2.45. The molecule has 2 N–H and O–H groups in total. The van der Waals surface area contributed by atoms with Gasteiger partial charge in [-0.15, -0.1) is 0 Å². The highest BCUT2D eigenvalue weighted by Gasteiger charge is 2.08.